The Balaban J connectivity index is 2.32. The number of fused-ring (bicyclic) bond motifs is 1. The Morgan fingerprint density at radius 3 is 3.23 bits per heavy atom. The first-order chi connectivity index (χ1) is 6.18. The molecule has 1 aliphatic carbocycles. The van der Waals surface area contributed by atoms with Crippen LogP contribution in [0.4, 0.5) is 0 Å². The summed E-state index contributed by atoms with van der Waals surface area (Å²) < 4.78 is 5.85. The van der Waals surface area contributed by atoms with Crippen molar-refractivity contribution in [3.63, 3.8) is 0 Å². The van der Waals surface area contributed by atoms with E-state index in [-0.39, 0.29) is 12.0 Å². The van der Waals surface area contributed by atoms with Crippen molar-refractivity contribution in [2.45, 2.75) is 24.5 Å². The van der Waals surface area contributed by atoms with Crippen LogP contribution in [0.1, 0.15) is 12.8 Å². The fourth-order valence-corrected chi connectivity index (χ4v) is 2.71. The highest BCUT2D eigenvalue weighted by Gasteiger charge is 2.55. The van der Waals surface area contributed by atoms with Gasteiger partial charge in [0, 0.05) is 4.43 Å². The number of esters is 1. The highest BCUT2D eigenvalue weighted by atomic mass is 127. The maximum atomic E-state index is 11.4. The number of allylic oxidation sites excluding steroid dienone is 1. The van der Waals surface area contributed by atoms with Gasteiger partial charge in [0.2, 0.25) is 0 Å². The fourth-order valence-electron chi connectivity index (χ4n) is 1.98. The zero-order valence-electron chi connectivity index (χ0n) is 7.07. The summed E-state index contributed by atoms with van der Waals surface area (Å²) in [6.45, 7) is 0. The smallest absolute Gasteiger partial charge is 0.339 e. The average Bonchev–Trinajstić information content (AvgIpc) is 2.39. The van der Waals surface area contributed by atoms with Crippen molar-refractivity contribution in [1.82, 2.24) is 0 Å². The standard InChI is InChI=1S/C9H11IO3/c10-5-7-6-3-1-2-4-9(6,12)8(11)13-7/h1,3,6-7,12H,2,4-5H2/t6-,7-,9+/m0/s1. The number of hydrogen-bond donors (Lipinski definition) is 1. The third-order valence-electron chi connectivity index (χ3n) is 2.75. The van der Waals surface area contributed by atoms with E-state index in [4.69, 9.17) is 4.74 Å². The number of alkyl halides is 1. The largest absolute Gasteiger partial charge is 0.459 e. The molecule has 0 unspecified atom stereocenters. The number of cyclic esters (lactones) is 1. The number of aliphatic hydroxyl groups is 1. The van der Waals surface area contributed by atoms with Crippen LogP contribution in [0, 0.1) is 5.92 Å². The Morgan fingerprint density at radius 2 is 2.54 bits per heavy atom. The predicted molar refractivity (Wildman–Crippen MR) is 55.6 cm³/mol. The monoisotopic (exact) mass is 294 g/mol. The Bertz CT molecular complexity index is 264. The highest BCUT2D eigenvalue weighted by Crippen LogP contribution is 2.40. The Kier molecular flexibility index (Phi) is 2.35. The third kappa shape index (κ3) is 1.30. The van der Waals surface area contributed by atoms with E-state index < -0.39 is 11.6 Å². The van der Waals surface area contributed by atoms with Gasteiger partial charge in [-0.3, -0.25) is 0 Å². The molecule has 0 radical (unpaired) electrons. The number of ether oxygens (including phenoxy) is 1. The first kappa shape index (κ1) is 9.45. The minimum absolute atomic E-state index is 0.134. The summed E-state index contributed by atoms with van der Waals surface area (Å²) in [6.07, 6.45) is 5.04. The lowest BCUT2D eigenvalue weighted by molar-refractivity contribution is -0.155. The van der Waals surface area contributed by atoms with Crippen LogP contribution in [0.25, 0.3) is 0 Å². The summed E-state index contributed by atoms with van der Waals surface area (Å²) in [6, 6.07) is 0. The molecule has 72 valence electrons. The van der Waals surface area contributed by atoms with Crippen LogP contribution < -0.4 is 0 Å². The molecule has 0 aromatic carbocycles. The normalized spacial score (nSPS) is 43.1. The maximum Gasteiger partial charge on any atom is 0.339 e. The molecule has 1 saturated heterocycles. The number of rotatable bonds is 1. The van der Waals surface area contributed by atoms with E-state index in [9.17, 15) is 9.90 Å². The van der Waals surface area contributed by atoms with Crippen LogP contribution in [0.5, 0.6) is 0 Å². The molecule has 1 fully saturated rings. The number of hydrogen-bond acceptors (Lipinski definition) is 3. The molecule has 0 aromatic rings. The van der Waals surface area contributed by atoms with Crippen LogP contribution >= 0.6 is 22.6 Å². The molecule has 0 bridgehead atoms. The van der Waals surface area contributed by atoms with Gasteiger partial charge in [-0.25, -0.2) is 4.79 Å². The maximum absolute atomic E-state index is 11.4. The summed E-state index contributed by atoms with van der Waals surface area (Å²) in [7, 11) is 0. The van der Waals surface area contributed by atoms with E-state index in [1.807, 2.05) is 12.2 Å². The van der Waals surface area contributed by atoms with Gasteiger partial charge >= 0.3 is 5.97 Å². The molecular formula is C9H11IO3. The summed E-state index contributed by atoms with van der Waals surface area (Å²) in [5, 5.41) is 10.1. The van der Waals surface area contributed by atoms with Gasteiger partial charge in [0.05, 0.1) is 5.92 Å². The van der Waals surface area contributed by atoms with Gasteiger partial charge in [-0.2, -0.15) is 0 Å². The number of carbonyl (C=O) groups is 1. The predicted octanol–water partition coefficient (Wildman–Crippen LogP) is 1.04. The van der Waals surface area contributed by atoms with Gasteiger partial charge in [0.25, 0.3) is 0 Å². The highest BCUT2D eigenvalue weighted by molar-refractivity contribution is 14.1. The van der Waals surface area contributed by atoms with E-state index in [1.165, 1.54) is 0 Å². The molecule has 3 nitrogen and oxygen atoms in total. The van der Waals surface area contributed by atoms with Crippen LogP contribution in [0.15, 0.2) is 12.2 Å². The lowest BCUT2D eigenvalue weighted by atomic mass is 9.79. The van der Waals surface area contributed by atoms with E-state index in [0.29, 0.717) is 6.42 Å². The lowest BCUT2D eigenvalue weighted by Crippen LogP contribution is -2.42. The van der Waals surface area contributed by atoms with Gasteiger partial charge < -0.3 is 9.84 Å². The lowest BCUT2D eigenvalue weighted by Gasteiger charge is -2.27. The molecule has 3 atom stereocenters. The molecule has 2 rings (SSSR count). The van der Waals surface area contributed by atoms with Gasteiger partial charge in [-0.1, -0.05) is 34.7 Å². The van der Waals surface area contributed by atoms with Gasteiger partial charge in [0.15, 0.2) is 5.60 Å². The number of carbonyl (C=O) groups excluding carboxylic acids is 1. The first-order valence-corrected chi connectivity index (χ1v) is 5.87. The van der Waals surface area contributed by atoms with Crippen molar-refractivity contribution < 1.29 is 14.6 Å². The molecule has 2 aliphatic rings. The average molecular weight is 294 g/mol. The SMILES string of the molecule is O=C1O[C@@H](CI)[C@@H]2C=CCC[C@]12O. The number of halogens is 1. The Hall–Kier alpha value is -0.100. The Labute approximate surface area is 90.3 Å². The molecule has 0 spiro atoms. The zero-order valence-corrected chi connectivity index (χ0v) is 9.23. The molecule has 0 saturated carbocycles. The summed E-state index contributed by atoms with van der Waals surface area (Å²) >= 11 is 2.17. The van der Waals surface area contributed by atoms with Crippen LogP contribution in [-0.4, -0.2) is 27.2 Å². The van der Waals surface area contributed by atoms with Crippen LogP contribution in [-0.2, 0) is 9.53 Å². The summed E-state index contributed by atoms with van der Waals surface area (Å²) in [5.41, 5.74) is -1.23. The van der Waals surface area contributed by atoms with Gasteiger partial charge in [0.1, 0.15) is 6.10 Å². The quantitative estimate of drug-likeness (QED) is 0.340. The molecule has 0 aromatic heterocycles. The topological polar surface area (TPSA) is 46.5 Å². The van der Waals surface area contributed by atoms with Crippen LogP contribution in [0.2, 0.25) is 0 Å². The van der Waals surface area contributed by atoms with Crippen molar-refractivity contribution in [1.29, 1.82) is 0 Å². The minimum Gasteiger partial charge on any atom is -0.459 e. The second-order valence-electron chi connectivity index (χ2n) is 3.51. The van der Waals surface area contributed by atoms with Crippen molar-refractivity contribution >= 4 is 28.6 Å². The molecule has 13 heavy (non-hydrogen) atoms. The van der Waals surface area contributed by atoms with Crippen molar-refractivity contribution in [2.75, 3.05) is 4.43 Å². The Morgan fingerprint density at radius 1 is 1.77 bits per heavy atom. The second kappa shape index (κ2) is 3.24. The van der Waals surface area contributed by atoms with E-state index in [1.54, 1.807) is 0 Å². The molecule has 1 heterocycles. The van der Waals surface area contributed by atoms with Gasteiger partial charge in [-0.05, 0) is 12.8 Å². The van der Waals surface area contributed by atoms with Crippen LogP contribution in [0.3, 0.4) is 0 Å². The fraction of sp³-hybridized carbons (Fsp3) is 0.667. The summed E-state index contributed by atoms with van der Waals surface area (Å²) in [5.74, 6) is -0.575. The van der Waals surface area contributed by atoms with E-state index in [2.05, 4.69) is 22.6 Å². The van der Waals surface area contributed by atoms with Crippen molar-refractivity contribution in [3.05, 3.63) is 12.2 Å². The van der Waals surface area contributed by atoms with E-state index in [0.717, 1.165) is 10.8 Å². The zero-order chi connectivity index (χ0) is 9.47. The van der Waals surface area contributed by atoms with Crippen molar-refractivity contribution in [3.8, 4) is 0 Å². The minimum atomic E-state index is -1.23. The molecular weight excluding hydrogens is 283 g/mol. The molecule has 4 heteroatoms. The molecule has 1 N–H and O–H groups in total. The first-order valence-electron chi connectivity index (χ1n) is 4.34. The molecule has 0 amide bonds. The summed E-state index contributed by atoms with van der Waals surface area (Å²) in [4.78, 5) is 11.4. The van der Waals surface area contributed by atoms with Crippen molar-refractivity contribution in [2.24, 2.45) is 5.92 Å². The van der Waals surface area contributed by atoms with Gasteiger partial charge in [-0.15, -0.1) is 0 Å². The van der Waals surface area contributed by atoms with E-state index >= 15 is 0 Å². The molecule has 1 aliphatic heterocycles. The second-order valence-corrected chi connectivity index (χ2v) is 4.40. The third-order valence-corrected chi connectivity index (χ3v) is 3.62.